The maximum absolute atomic E-state index is 13.8. The van der Waals surface area contributed by atoms with Crippen LogP contribution in [-0.2, 0) is 9.59 Å². The number of fused-ring (bicyclic) bond motifs is 5. The number of carbonyl (C=O) groups excluding carboxylic acids is 3. The summed E-state index contributed by atoms with van der Waals surface area (Å²) in [7, 11) is 2.00. The quantitative estimate of drug-likeness (QED) is 0.658. The van der Waals surface area contributed by atoms with Crippen molar-refractivity contribution in [3.05, 3.63) is 0 Å². The van der Waals surface area contributed by atoms with E-state index >= 15 is 0 Å². The zero-order chi connectivity index (χ0) is 24.3. The fraction of sp³-hybridized carbons (Fsp3) is 0.889. The van der Waals surface area contributed by atoms with Gasteiger partial charge in [0.2, 0.25) is 11.8 Å². The van der Waals surface area contributed by atoms with Gasteiger partial charge in [-0.25, -0.2) is 4.79 Å². The molecule has 1 N–H and O–H groups in total. The number of likely N-dealkylation sites (tertiary alicyclic amines) is 1. The molecule has 33 heavy (non-hydrogen) atoms. The molecule has 0 aromatic carbocycles. The molecule has 0 aromatic heterocycles. The van der Waals surface area contributed by atoms with Gasteiger partial charge < -0.3 is 10.2 Å². The second-order valence-electron chi connectivity index (χ2n) is 12.6. The minimum Gasteiger partial charge on any atom is -0.342 e. The standard InChI is InChI=1S/C27H45N3O3/c1-16(2)28-25(33)30(17(3)4)24(32)21-10-9-19-18-8-11-22-27(6,15-13-23(31)29(22)7)20(18)12-14-26(19,21)5/h16-22H,8-15H2,1-7H3,(H,28,33)/t18?,19?,20?,21-,22-,26+,27-/m1/s1. The molecule has 1 saturated heterocycles. The topological polar surface area (TPSA) is 69.7 Å². The van der Waals surface area contributed by atoms with Gasteiger partial charge in [-0.1, -0.05) is 13.8 Å². The average molecular weight is 460 g/mol. The van der Waals surface area contributed by atoms with Gasteiger partial charge >= 0.3 is 6.03 Å². The summed E-state index contributed by atoms with van der Waals surface area (Å²) in [5, 5.41) is 2.94. The summed E-state index contributed by atoms with van der Waals surface area (Å²) in [4.78, 5) is 42.7. The van der Waals surface area contributed by atoms with Gasteiger partial charge in [0, 0.05) is 37.5 Å². The highest BCUT2D eigenvalue weighted by Crippen LogP contribution is 2.66. The average Bonchev–Trinajstić information content (AvgIpc) is 3.07. The molecule has 6 heteroatoms. The lowest BCUT2D eigenvalue weighted by atomic mass is 9.47. The van der Waals surface area contributed by atoms with E-state index in [4.69, 9.17) is 0 Å². The fourth-order valence-electron chi connectivity index (χ4n) is 8.63. The molecule has 3 aliphatic carbocycles. The van der Waals surface area contributed by atoms with Crippen molar-refractivity contribution in [1.29, 1.82) is 0 Å². The number of urea groups is 1. The van der Waals surface area contributed by atoms with Crippen molar-refractivity contribution in [3.8, 4) is 0 Å². The molecule has 0 bridgehead atoms. The van der Waals surface area contributed by atoms with Crippen LogP contribution < -0.4 is 5.32 Å². The zero-order valence-electron chi connectivity index (χ0n) is 21.8. The molecular formula is C27H45N3O3. The van der Waals surface area contributed by atoms with Crippen molar-refractivity contribution in [2.75, 3.05) is 7.05 Å². The van der Waals surface area contributed by atoms with Crippen LogP contribution in [0.5, 0.6) is 0 Å². The first kappa shape index (κ1) is 24.5. The summed E-state index contributed by atoms with van der Waals surface area (Å²) < 4.78 is 0. The SMILES string of the molecule is CC(C)NC(=O)N(C(=O)[C@H]1CCC2C3CC[C@H]4N(C)C(=O)CC[C@]4(C)C3CC[C@@]21C)C(C)C. The Morgan fingerprint density at radius 1 is 0.970 bits per heavy atom. The number of nitrogens with zero attached hydrogens (tertiary/aromatic N) is 2. The number of hydrogen-bond donors (Lipinski definition) is 1. The lowest BCUT2D eigenvalue weighted by molar-refractivity contribution is -0.161. The van der Waals surface area contributed by atoms with Gasteiger partial charge in [-0.05, 0) is 101 Å². The van der Waals surface area contributed by atoms with Crippen LogP contribution in [-0.4, -0.2) is 52.8 Å². The molecule has 0 aromatic rings. The van der Waals surface area contributed by atoms with E-state index in [0.717, 1.165) is 44.9 Å². The van der Waals surface area contributed by atoms with Crippen LogP contribution >= 0.6 is 0 Å². The largest absolute Gasteiger partial charge is 0.342 e. The second kappa shape index (κ2) is 8.57. The Labute approximate surface area is 200 Å². The third-order valence-electron chi connectivity index (χ3n) is 10.2. The molecule has 4 amide bonds. The molecule has 0 radical (unpaired) electrons. The molecular weight excluding hydrogens is 414 g/mol. The van der Waals surface area contributed by atoms with E-state index in [9.17, 15) is 14.4 Å². The highest BCUT2D eigenvalue weighted by Gasteiger charge is 2.62. The third kappa shape index (κ3) is 3.80. The predicted molar refractivity (Wildman–Crippen MR) is 129 cm³/mol. The Balaban J connectivity index is 1.56. The van der Waals surface area contributed by atoms with E-state index in [-0.39, 0.29) is 40.8 Å². The maximum Gasteiger partial charge on any atom is 0.324 e. The summed E-state index contributed by atoms with van der Waals surface area (Å²) in [6, 6.07) is -0.0433. The van der Waals surface area contributed by atoms with E-state index in [2.05, 4.69) is 19.2 Å². The van der Waals surface area contributed by atoms with Crippen molar-refractivity contribution in [2.45, 2.75) is 111 Å². The van der Waals surface area contributed by atoms with E-state index in [0.29, 0.717) is 36.1 Å². The van der Waals surface area contributed by atoms with Gasteiger partial charge in [-0.3, -0.25) is 14.5 Å². The molecule has 1 aliphatic heterocycles. The van der Waals surface area contributed by atoms with Gasteiger partial charge in [0.25, 0.3) is 0 Å². The first-order chi connectivity index (χ1) is 15.4. The van der Waals surface area contributed by atoms with Crippen molar-refractivity contribution < 1.29 is 14.4 Å². The smallest absolute Gasteiger partial charge is 0.324 e. The number of imide groups is 1. The Morgan fingerprint density at radius 2 is 1.64 bits per heavy atom. The van der Waals surface area contributed by atoms with Gasteiger partial charge in [-0.2, -0.15) is 0 Å². The highest BCUT2D eigenvalue weighted by atomic mass is 16.2. The van der Waals surface area contributed by atoms with Gasteiger partial charge in [0.1, 0.15) is 0 Å². The van der Waals surface area contributed by atoms with Crippen LogP contribution in [0.4, 0.5) is 4.79 Å². The monoisotopic (exact) mass is 459 g/mol. The Hall–Kier alpha value is -1.59. The predicted octanol–water partition coefficient (Wildman–Crippen LogP) is 4.82. The minimum absolute atomic E-state index is 0.00494. The van der Waals surface area contributed by atoms with E-state index in [1.54, 1.807) is 0 Å². The van der Waals surface area contributed by atoms with Gasteiger partial charge in [0.05, 0.1) is 0 Å². The molecule has 4 aliphatic rings. The fourth-order valence-corrected chi connectivity index (χ4v) is 8.63. The van der Waals surface area contributed by atoms with Gasteiger partial charge in [0.15, 0.2) is 0 Å². The Morgan fingerprint density at radius 3 is 2.27 bits per heavy atom. The number of nitrogens with one attached hydrogen (secondary N) is 1. The van der Waals surface area contributed by atoms with E-state index < -0.39 is 0 Å². The number of rotatable bonds is 3. The minimum atomic E-state index is -0.256. The summed E-state index contributed by atoms with van der Waals surface area (Å²) in [5.41, 5.74) is 0.152. The Kier molecular flexibility index (Phi) is 6.37. The summed E-state index contributed by atoms with van der Waals surface area (Å²) in [6.07, 6.45) is 8.07. The van der Waals surface area contributed by atoms with Crippen LogP contribution in [0.1, 0.15) is 92.9 Å². The van der Waals surface area contributed by atoms with E-state index in [1.807, 2.05) is 39.6 Å². The molecule has 3 unspecified atom stereocenters. The molecule has 186 valence electrons. The summed E-state index contributed by atoms with van der Waals surface area (Å²) in [5.74, 6) is 2.04. The molecule has 7 atom stereocenters. The highest BCUT2D eigenvalue weighted by molar-refractivity contribution is 5.96. The maximum atomic E-state index is 13.8. The first-order valence-electron chi connectivity index (χ1n) is 13.3. The molecule has 0 spiro atoms. The van der Waals surface area contributed by atoms with Crippen LogP contribution in [0.15, 0.2) is 0 Å². The summed E-state index contributed by atoms with van der Waals surface area (Å²) in [6.45, 7) is 12.5. The Bertz CT molecular complexity index is 810. The lowest BCUT2D eigenvalue weighted by Gasteiger charge is -2.61. The molecule has 4 rings (SSSR count). The van der Waals surface area contributed by atoms with Crippen LogP contribution in [0.25, 0.3) is 0 Å². The molecule has 3 saturated carbocycles. The van der Waals surface area contributed by atoms with Gasteiger partial charge in [-0.15, -0.1) is 0 Å². The molecule has 4 fully saturated rings. The normalized spacial score (nSPS) is 40.3. The van der Waals surface area contributed by atoms with Crippen molar-refractivity contribution >= 4 is 17.8 Å². The third-order valence-corrected chi connectivity index (χ3v) is 10.2. The van der Waals surface area contributed by atoms with Crippen LogP contribution in [0.3, 0.4) is 0 Å². The van der Waals surface area contributed by atoms with Crippen molar-refractivity contribution in [2.24, 2.45) is 34.5 Å². The number of amides is 4. The second-order valence-corrected chi connectivity index (χ2v) is 12.6. The van der Waals surface area contributed by atoms with Crippen molar-refractivity contribution in [1.82, 2.24) is 15.1 Å². The van der Waals surface area contributed by atoms with Crippen LogP contribution in [0.2, 0.25) is 0 Å². The van der Waals surface area contributed by atoms with Crippen molar-refractivity contribution in [3.63, 3.8) is 0 Å². The number of carbonyl (C=O) groups is 3. The zero-order valence-corrected chi connectivity index (χ0v) is 21.8. The number of hydrogen-bond acceptors (Lipinski definition) is 3. The summed E-state index contributed by atoms with van der Waals surface area (Å²) >= 11 is 0. The molecule has 1 heterocycles. The lowest BCUT2D eigenvalue weighted by Crippen LogP contribution is -2.61. The number of piperidine rings is 1. The van der Waals surface area contributed by atoms with E-state index in [1.165, 1.54) is 4.90 Å². The molecule has 6 nitrogen and oxygen atoms in total. The van der Waals surface area contributed by atoms with Crippen LogP contribution in [0, 0.1) is 34.5 Å². The first-order valence-corrected chi connectivity index (χ1v) is 13.3.